The quantitative estimate of drug-likeness (QED) is 0.591. The van der Waals surface area contributed by atoms with E-state index in [0.29, 0.717) is 11.8 Å². The molecule has 0 N–H and O–H groups in total. The number of Topliss-reactive ketones (excluding diaryl/α,β-unsaturated/α-hetero) is 1. The van der Waals surface area contributed by atoms with Gasteiger partial charge in [-0.3, -0.25) is 9.69 Å². The van der Waals surface area contributed by atoms with Crippen LogP contribution in [0.2, 0.25) is 0 Å². The third-order valence-electron chi connectivity index (χ3n) is 3.11. The summed E-state index contributed by atoms with van der Waals surface area (Å²) in [4.78, 5) is 13.7. The topological polar surface area (TPSA) is 20.3 Å². The van der Waals surface area contributed by atoms with E-state index in [4.69, 9.17) is 0 Å². The van der Waals surface area contributed by atoms with Gasteiger partial charge in [-0.15, -0.1) is 0 Å². The van der Waals surface area contributed by atoms with Gasteiger partial charge in [-0.1, -0.05) is 0 Å². The van der Waals surface area contributed by atoms with Crippen molar-refractivity contribution in [2.24, 2.45) is 0 Å². The molecule has 1 heterocycles. The molecule has 12 heavy (non-hydrogen) atoms. The molecule has 0 aromatic carbocycles. The van der Waals surface area contributed by atoms with Crippen LogP contribution in [0.1, 0.15) is 38.5 Å². The van der Waals surface area contributed by atoms with Gasteiger partial charge < -0.3 is 0 Å². The van der Waals surface area contributed by atoms with Gasteiger partial charge in [0.25, 0.3) is 0 Å². The lowest BCUT2D eigenvalue weighted by molar-refractivity contribution is -0.121. The Morgan fingerprint density at radius 1 is 1.17 bits per heavy atom. The SMILES string of the molecule is O=C1CCCC(N2CCCC2)C1. The predicted molar refractivity (Wildman–Crippen MR) is 48.1 cm³/mol. The first-order chi connectivity index (χ1) is 5.86. The Hall–Kier alpha value is -0.370. The largest absolute Gasteiger partial charge is 0.300 e. The number of nitrogens with zero attached hydrogens (tertiary/aromatic N) is 1. The Bertz CT molecular complexity index is 173. The van der Waals surface area contributed by atoms with Crippen molar-refractivity contribution in [3.8, 4) is 0 Å². The summed E-state index contributed by atoms with van der Waals surface area (Å²) in [6.45, 7) is 2.47. The molecule has 68 valence electrons. The molecule has 0 radical (unpaired) electrons. The van der Waals surface area contributed by atoms with E-state index in [9.17, 15) is 4.79 Å². The fourth-order valence-electron chi connectivity index (χ4n) is 2.42. The molecule has 1 aliphatic carbocycles. The van der Waals surface area contributed by atoms with Gasteiger partial charge in [0, 0.05) is 18.9 Å². The minimum atomic E-state index is 0.484. The number of likely N-dealkylation sites (tertiary alicyclic amines) is 1. The number of rotatable bonds is 1. The molecule has 1 unspecified atom stereocenters. The van der Waals surface area contributed by atoms with Crippen molar-refractivity contribution in [1.29, 1.82) is 0 Å². The van der Waals surface area contributed by atoms with E-state index in [-0.39, 0.29) is 0 Å². The molecule has 2 fully saturated rings. The van der Waals surface area contributed by atoms with Crippen LogP contribution < -0.4 is 0 Å². The average molecular weight is 167 g/mol. The minimum Gasteiger partial charge on any atom is -0.300 e. The molecule has 0 aromatic rings. The molecule has 0 amide bonds. The van der Waals surface area contributed by atoms with Crippen LogP contribution in [0.5, 0.6) is 0 Å². The number of hydrogen-bond donors (Lipinski definition) is 0. The Labute approximate surface area is 73.9 Å². The van der Waals surface area contributed by atoms with Gasteiger partial charge in [0.2, 0.25) is 0 Å². The van der Waals surface area contributed by atoms with E-state index < -0.39 is 0 Å². The Morgan fingerprint density at radius 3 is 2.58 bits per heavy atom. The maximum Gasteiger partial charge on any atom is 0.134 e. The van der Waals surface area contributed by atoms with Crippen molar-refractivity contribution in [2.75, 3.05) is 13.1 Å². The van der Waals surface area contributed by atoms with Gasteiger partial charge in [0.05, 0.1) is 0 Å². The van der Waals surface area contributed by atoms with Crippen LogP contribution in [0.3, 0.4) is 0 Å². The van der Waals surface area contributed by atoms with Crippen molar-refractivity contribution in [3.05, 3.63) is 0 Å². The monoisotopic (exact) mass is 167 g/mol. The van der Waals surface area contributed by atoms with Crippen LogP contribution in [0.15, 0.2) is 0 Å². The maximum absolute atomic E-state index is 11.2. The second kappa shape index (κ2) is 3.56. The van der Waals surface area contributed by atoms with Gasteiger partial charge >= 0.3 is 0 Å². The molecule has 2 heteroatoms. The summed E-state index contributed by atoms with van der Waals surface area (Å²) in [5.74, 6) is 0.484. The first-order valence-corrected chi connectivity index (χ1v) is 5.12. The van der Waals surface area contributed by atoms with E-state index >= 15 is 0 Å². The summed E-state index contributed by atoms with van der Waals surface area (Å²) >= 11 is 0. The molecule has 2 rings (SSSR count). The van der Waals surface area contributed by atoms with Crippen LogP contribution in [-0.4, -0.2) is 29.8 Å². The summed E-state index contributed by atoms with van der Waals surface area (Å²) in [7, 11) is 0. The van der Waals surface area contributed by atoms with Gasteiger partial charge in [0.1, 0.15) is 5.78 Å². The Morgan fingerprint density at radius 2 is 1.92 bits per heavy atom. The Kier molecular flexibility index (Phi) is 2.45. The summed E-state index contributed by atoms with van der Waals surface area (Å²) in [6, 6.07) is 0.605. The van der Waals surface area contributed by atoms with Crippen LogP contribution >= 0.6 is 0 Å². The molecule has 0 spiro atoms. The van der Waals surface area contributed by atoms with Crippen molar-refractivity contribution in [1.82, 2.24) is 4.90 Å². The molecule has 1 aliphatic heterocycles. The minimum absolute atomic E-state index is 0.484. The smallest absolute Gasteiger partial charge is 0.134 e. The second-order valence-electron chi connectivity index (χ2n) is 4.03. The highest BCUT2D eigenvalue weighted by Crippen LogP contribution is 2.23. The number of ketones is 1. The third-order valence-corrected chi connectivity index (χ3v) is 3.11. The van der Waals surface area contributed by atoms with E-state index in [2.05, 4.69) is 4.90 Å². The van der Waals surface area contributed by atoms with Gasteiger partial charge in [0.15, 0.2) is 0 Å². The number of carbonyl (C=O) groups excluding carboxylic acids is 1. The highest BCUT2D eigenvalue weighted by Gasteiger charge is 2.26. The lowest BCUT2D eigenvalue weighted by Gasteiger charge is -2.29. The zero-order valence-electron chi connectivity index (χ0n) is 7.59. The first kappa shape index (κ1) is 8.24. The zero-order valence-corrected chi connectivity index (χ0v) is 7.59. The lowest BCUT2D eigenvalue weighted by Crippen LogP contribution is -2.36. The van der Waals surface area contributed by atoms with Crippen LogP contribution in [0, 0.1) is 0 Å². The second-order valence-corrected chi connectivity index (χ2v) is 4.03. The van der Waals surface area contributed by atoms with Crippen LogP contribution in [0.4, 0.5) is 0 Å². The molecular formula is C10H17NO. The molecule has 1 saturated carbocycles. The summed E-state index contributed by atoms with van der Waals surface area (Å²) in [6.07, 6.45) is 6.73. The average Bonchev–Trinajstić information content (AvgIpc) is 2.56. The third kappa shape index (κ3) is 1.69. The number of carbonyl (C=O) groups is 1. The van der Waals surface area contributed by atoms with Crippen molar-refractivity contribution in [2.45, 2.75) is 44.6 Å². The fourth-order valence-corrected chi connectivity index (χ4v) is 2.42. The van der Waals surface area contributed by atoms with E-state index in [1.165, 1.54) is 32.4 Å². The molecular weight excluding hydrogens is 150 g/mol. The predicted octanol–water partition coefficient (Wildman–Crippen LogP) is 1.59. The molecule has 1 saturated heterocycles. The fraction of sp³-hybridized carbons (Fsp3) is 0.900. The standard InChI is InChI=1S/C10H17NO/c12-10-5-3-4-9(8-10)11-6-1-2-7-11/h9H,1-8H2. The summed E-state index contributed by atoms with van der Waals surface area (Å²) in [5.41, 5.74) is 0. The van der Waals surface area contributed by atoms with E-state index in [0.717, 1.165) is 19.3 Å². The maximum atomic E-state index is 11.2. The van der Waals surface area contributed by atoms with E-state index in [1.54, 1.807) is 0 Å². The summed E-state index contributed by atoms with van der Waals surface area (Å²) < 4.78 is 0. The summed E-state index contributed by atoms with van der Waals surface area (Å²) in [5, 5.41) is 0. The number of hydrogen-bond acceptors (Lipinski definition) is 2. The molecule has 1 atom stereocenters. The highest BCUT2D eigenvalue weighted by molar-refractivity contribution is 5.79. The molecule has 0 bridgehead atoms. The molecule has 2 nitrogen and oxygen atoms in total. The van der Waals surface area contributed by atoms with Crippen molar-refractivity contribution >= 4 is 5.78 Å². The van der Waals surface area contributed by atoms with Gasteiger partial charge in [-0.25, -0.2) is 0 Å². The highest BCUT2D eigenvalue weighted by atomic mass is 16.1. The zero-order chi connectivity index (χ0) is 8.39. The molecule has 2 aliphatic rings. The Balaban J connectivity index is 1.89. The van der Waals surface area contributed by atoms with Gasteiger partial charge in [-0.05, 0) is 38.8 Å². The van der Waals surface area contributed by atoms with Crippen molar-refractivity contribution in [3.63, 3.8) is 0 Å². The van der Waals surface area contributed by atoms with Crippen LogP contribution in [0.25, 0.3) is 0 Å². The lowest BCUT2D eigenvalue weighted by atomic mass is 9.93. The normalized spacial score (nSPS) is 32.7. The van der Waals surface area contributed by atoms with Crippen molar-refractivity contribution < 1.29 is 4.79 Å². The first-order valence-electron chi connectivity index (χ1n) is 5.12. The van der Waals surface area contributed by atoms with Gasteiger partial charge in [-0.2, -0.15) is 0 Å². The molecule has 0 aromatic heterocycles. The van der Waals surface area contributed by atoms with Crippen LogP contribution in [-0.2, 0) is 4.79 Å². The van der Waals surface area contributed by atoms with E-state index in [1.807, 2.05) is 0 Å².